The molecule has 476 valence electrons. The Morgan fingerprint density at radius 3 is 1.20 bits per heavy atom. The molecule has 0 saturated heterocycles. The smallest absolute Gasteiger partial charge is 0.194 e. The van der Waals surface area contributed by atoms with Gasteiger partial charge in [0.2, 0.25) is 0 Å². The van der Waals surface area contributed by atoms with Gasteiger partial charge in [-0.05, 0) is 215 Å². The zero-order valence-electron chi connectivity index (χ0n) is 54.0. The van der Waals surface area contributed by atoms with Gasteiger partial charge in [0.15, 0.2) is 11.6 Å². The Kier molecular flexibility index (Phi) is 14.2. The number of carbonyl (C=O) groups excluding carboxylic acids is 2. The first-order valence-corrected chi connectivity index (χ1v) is 35.7. The fourth-order valence-corrected chi connectivity index (χ4v) is 20.9. The lowest BCUT2D eigenvalue weighted by atomic mass is 9.65. The zero-order valence-corrected chi connectivity index (χ0v) is 57.3. The van der Waals surface area contributed by atoms with Crippen LogP contribution in [0.25, 0.3) is 63.7 Å². The molecule has 0 N–H and O–H groups in total. The molecule has 4 heterocycles. The standard InChI is InChI=1S/C85H54F2N4O4S4/c1-44-6-14-50(15-7-44)84(51-16-8-45(2)9-17-51)67-35-64-68(36-63(67)79-69(84)37-73(98-79)81-71(94-4)33-57(96-81)31-65-75(48(40-88)41-89)61-29-55(86)22-24-59(61)77(65)92)85(52-18-10-46(3)11-19-52,53-20-12-47(13-21-53)28-54-39-83(54)26-27-83)70-38-74(99-80(64)70)82-72(95-5)34-58(97-82)32-66-76(49(42-90)43-91)62-30-56(87)23-25-60(62)78(66)93/h6-25,29-38,54H,26-28,39H2,1-5H3/b65-31-,66-32-. The fraction of sp³-hybridized carbons (Fsp3) is 0.153. The average Bonchev–Trinajstić information content (AvgIpc) is 1.51. The summed E-state index contributed by atoms with van der Waals surface area (Å²) in [6, 6.07) is 64.9. The number of ketones is 2. The number of carbonyl (C=O) groups is 2. The maximum atomic E-state index is 14.9. The first-order valence-electron chi connectivity index (χ1n) is 32.4. The molecule has 8 nitrogen and oxygen atoms in total. The Morgan fingerprint density at radius 1 is 0.465 bits per heavy atom. The van der Waals surface area contributed by atoms with Crippen molar-refractivity contribution in [3.05, 3.63) is 303 Å². The number of hydrogen-bond acceptors (Lipinski definition) is 12. The van der Waals surface area contributed by atoms with Gasteiger partial charge < -0.3 is 9.47 Å². The third-order valence-corrected chi connectivity index (χ3v) is 26.0. The number of nitriles is 4. The molecule has 11 aromatic rings. The van der Waals surface area contributed by atoms with Gasteiger partial charge in [-0.25, -0.2) is 8.78 Å². The molecule has 6 aliphatic rings. The van der Waals surface area contributed by atoms with Gasteiger partial charge in [-0.2, -0.15) is 21.0 Å². The summed E-state index contributed by atoms with van der Waals surface area (Å²) in [7, 11) is 3.26. The van der Waals surface area contributed by atoms with Crippen LogP contribution in [0, 0.1) is 89.1 Å². The van der Waals surface area contributed by atoms with E-state index >= 15 is 0 Å². The summed E-state index contributed by atoms with van der Waals surface area (Å²) in [6.45, 7) is 6.32. The summed E-state index contributed by atoms with van der Waals surface area (Å²) in [5.41, 5.74) is 15.1. The van der Waals surface area contributed by atoms with E-state index in [0.29, 0.717) is 32.6 Å². The van der Waals surface area contributed by atoms with Crippen molar-refractivity contribution in [3.8, 4) is 76.2 Å². The SMILES string of the molecule is COc1cc(/C=C2\C(=O)c3ccc(F)cc3C2=C(C#N)C#N)sc1-c1cc2c(s1)-c1cc3c(cc1C2(c1ccc(C)cc1)c1ccc(C)cc1)-c1sc(-c2sc(/C=C4\C(=O)c5ccc(F)cc5C4=C(C#N)C#N)cc2OC)cc1C3(c1ccc(C)cc1)c1ccc(CC2CC23CC3)cc1. The number of thiophene rings is 4. The number of methoxy groups -OCH3 is 2. The van der Waals surface area contributed by atoms with Crippen molar-refractivity contribution in [1.29, 1.82) is 21.0 Å². The molecule has 2 saturated carbocycles. The molecule has 1 spiro atoms. The summed E-state index contributed by atoms with van der Waals surface area (Å²) in [5, 5.41) is 40.8. The molecule has 99 heavy (non-hydrogen) atoms. The van der Waals surface area contributed by atoms with E-state index in [2.05, 4.69) is 142 Å². The Bertz CT molecular complexity index is 5660. The van der Waals surface area contributed by atoms with Gasteiger partial charge in [0.1, 0.15) is 58.6 Å². The first-order chi connectivity index (χ1) is 48.0. The lowest BCUT2D eigenvalue weighted by Crippen LogP contribution is -2.30. The minimum atomic E-state index is -0.890. The number of ether oxygens (including phenoxy) is 2. The van der Waals surface area contributed by atoms with Crippen LogP contribution in [-0.2, 0) is 17.3 Å². The van der Waals surface area contributed by atoms with E-state index in [-0.39, 0.29) is 55.7 Å². The fourth-order valence-electron chi connectivity index (χ4n) is 16.1. The highest BCUT2D eigenvalue weighted by Crippen LogP contribution is 2.72. The minimum Gasteiger partial charge on any atom is -0.495 e. The Hall–Kier alpha value is -10.9. The molecular weight excluding hydrogens is 1310 g/mol. The molecule has 0 aliphatic heterocycles. The third kappa shape index (κ3) is 9.24. The number of aryl methyl sites for hydroxylation is 3. The van der Waals surface area contributed by atoms with Crippen LogP contribution >= 0.6 is 45.3 Å². The molecule has 0 amide bonds. The first kappa shape index (κ1) is 61.6. The molecule has 14 heteroatoms. The van der Waals surface area contributed by atoms with Crippen LogP contribution in [0.5, 0.6) is 11.5 Å². The van der Waals surface area contributed by atoms with Crippen molar-refractivity contribution in [2.75, 3.05) is 14.2 Å². The Labute approximate surface area is 586 Å². The number of Topliss-reactive ketones (excluding diaryl/α,β-unsaturated/α-hetero) is 2. The molecule has 17 rings (SSSR count). The van der Waals surface area contributed by atoms with Gasteiger partial charge in [-0.15, -0.1) is 45.3 Å². The third-order valence-electron chi connectivity index (χ3n) is 21.2. The van der Waals surface area contributed by atoms with Crippen molar-refractivity contribution < 1.29 is 27.8 Å². The van der Waals surface area contributed by atoms with Crippen LogP contribution in [0.2, 0.25) is 0 Å². The number of halogens is 2. The highest BCUT2D eigenvalue weighted by Gasteiger charge is 2.62. The van der Waals surface area contributed by atoms with Crippen molar-refractivity contribution >= 4 is 80.2 Å². The summed E-state index contributed by atoms with van der Waals surface area (Å²) in [5.74, 6) is -0.150. The van der Waals surface area contributed by atoms with Crippen LogP contribution in [-0.4, -0.2) is 25.8 Å². The number of fused-ring (bicyclic) bond motifs is 8. The summed E-state index contributed by atoms with van der Waals surface area (Å²) < 4.78 is 42.4. The molecule has 7 aromatic carbocycles. The van der Waals surface area contributed by atoms with E-state index in [1.807, 2.05) is 36.4 Å². The summed E-state index contributed by atoms with van der Waals surface area (Å²) >= 11 is 6.26. The van der Waals surface area contributed by atoms with Gasteiger partial charge in [0.25, 0.3) is 0 Å². The predicted molar refractivity (Wildman–Crippen MR) is 388 cm³/mol. The second-order valence-electron chi connectivity index (χ2n) is 26.6. The lowest BCUT2D eigenvalue weighted by molar-refractivity contribution is 0.103. The van der Waals surface area contributed by atoms with Gasteiger partial charge in [0, 0.05) is 62.7 Å². The molecule has 6 aliphatic carbocycles. The molecule has 4 aromatic heterocycles. The van der Waals surface area contributed by atoms with E-state index in [0.717, 1.165) is 108 Å². The normalized spacial score (nSPS) is 18.1. The van der Waals surface area contributed by atoms with Gasteiger partial charge in [-0.3, -0.25) is 9.59 Å². The van der Waals surface area contributed by atoms with Gasteiger partial charge in [-0.1, -0.05) is 114 Å². The summed E-state index contributed by atoms with van der Waals surface area (Å²) in [6.07, 6.45) is 8.34. The van der Waals surface area contributed by atoms with Gasteiger partial charge in [0.05, 0.1) is 34.8 Å². The maximum absolute atomic E-state index is 14.9. The van der Waals surface area contributed by atoms with Crippen LogP contribution in [0.4, 0.5) is 8.78 Å². The second-order valence-corrected chi connectivity index (χ2v) is 30.9. The van der Waals surface area contributed by atoms with Crippen LogP contribution < -0.4 is 9.47 Å². The van der Waals surface area contributed by atoms with E-state index in [1.54, 1.807) is 49.0 Å². The molecular formula is C85H54F2N4O4S4. The summed E-state index contributed by atoms with van der Waals surface area (Å²) in [4.78, 5) is 35.6. The molecule has 2 unspecified atom stereocenters. The molecule has 2 fully saturated rings. The van der Waals surface area contributed by atoms with Gasteiger partial charge >= 0.3 is 0 Å². The molecule has 2 atom stereocenters. The highest BCUT2D eigenvalue weighted by molar-refractivity contribution is 7.25. The van der Waals surface area contributed by atoms with Crippen LogP contribution in [0.1, 0.15) is 128 Å². The quantitative estimate of drug-likeness (QED) is 0.0867. The lowest BCUT2D eigenvalue weighted by Gasteiger charge is -2.35. The maximum Gasteiger partial charge on any atom is 0.194 e. The van der Waals surface area contributed by atoms with Crippen molar-refractivity contribution in [1.82, 2.24) is 0 Å². The largest absolute Gasteiger partial charge is 0.495 e. The van der Waals surface area contributed by atoms with Crippen LogP contribution in [0.15, 0.2) is 192 Å². The van der Waals surface area contributed by atoms with E-state index in [1.165, 1.54) is 83.9 Å². The van der Waals surface area contributed by atoms with E-state index < -0.39 is 34.0 Å². The topological polar surface area (TPSA) is 148 Å². The number of allylic oxidation sites excluding steroid dienone is 6. The van der Waals surface area contributed by atoms with Crippen LogP contribution in [0.3, 0.4) is 0 Å². The zero-order chi connectivity index (χ0) is 68.1. The van der Waals surface area contributed by atoms with E-state index in [9.17, 15) is 39.4 Å². The molecule has 0 radical (unpaired) electrons. The monoisotopic (exact) mass is 1360 g/mol. The highest BCUT2D eigenvalue weighted by atomic mass is 32.1. The van der Waals surface area contributed by atoms with E-state index in [4.69, 9.17) is 9.47 Å². The molecule has 0 bridgehead atoms. The number of hydrogen-bond donors (Lipinski definition) is 0. The average molecular weight is 1360 g/mol. The van der Waals surface area contributed by atoms with Crippen molar-refractivity contribution in [3.63, 3.8) is 0 Å². The van der Waals surface area contributed by atoms with Crippen molar-refractivity contribution in [2.24, 2.45) is 11.3 Å². The Balaban J connectivity index is 0.902. The van der Waals surface area contributed by atoms with Crippen molar-refractivity contribution in [2.45, 2.75) is 57.3 Å². The Morgan fingerprint density at radius 2 is 0.848 bits per heavy atom. The second kappa shape index (κ2) is 22.8. The number of nitrogens with zero attached hydrogens (tertiary/aromatic N) is 4. The predicted octanol–water partition coefficient (Wildman–Crippen LogP) is 20.7. The number of rotatable bonds is 12. The minimum absolute atomic E-state index is 0.0991. The number of benzene rings is 7.